The third-order valence-corrected chi connectivity index (χ3v) is 5.11. The van der Waals surface area contributed by atoms with Crippen LogP contribution in [0.2, 0.25) is 5.02 Å². The molecule has 2 rings (SSSR count). The maximum absolute atomic E-state index is 13.9. The van der Waals surface area contributed by atoms with Crippen LogP contribution in [0.3, 0.4) is 0 Å². The average Bonchev–Trinajstić information content (AvgIpc) is 2.86. The smallest absolute Gasteiger partial charge is 0.243 e. The van der Waals surface area contributed by atoms with Gasteiger partial charge in [-0.05, 0) is 25.5 Å². The SMILES string of the molecule is CC(NS(=O)(=O)c1cc(Cl)cc(N)c1F)C1CCOC1. The lowest BCUT2D eigenvalue weighted by Crippen LogP contribution is -2.38. The lowest BCUT2D eigenvalue weighted by Gasteiger charge is -2.19. The first kappa shape index (κ1) is 15.5. The number of nitrogens with one attached hydrogen (secondary N) is 1. The second-order valence-corrected chi connectivity index (χ2v) is 6.96. The second kappa shape index (κ2) is 5.85. The fraction of sp³-hybridized carbons (Fsp3) is 0.500. The number of rotatable bonds is 4. The van der Waals surface area contributed by atoms with Crippen molar-refractivity contribution in [3.05, 3.63) is 23.0 Å². The van der Waals surface area contributed by atoms with E-state index in [2.05, 4.69) is 4.72 Å². The van der Waals surface area contributed by atoms with Crippen molar-refractivity contribution in [1.29, 1.82) is 0 Å². The van der Waals surface area contributed by atoms with Gasteiger partial charge in [-0.3, -0.25) is 0 Å². The largest absolute Gasteiger partial charge is 0.396 e. The van der Waals surface area contributed by atoms with Crippen molar-refractivity contribution >= 4 is 27.3 Å². The molecule has 0 aliphatic carbocycles. The summed E-state index contributed by atoms with van der Waals surface area (Å²) in [7, 11) is -4.02. The van der Waals surface area contributed by atoms with E-state index in [0.717, 1.165) is 12.5 Å². The van der Waals surface area contributed by atoms with E-state index in [-0.39, 0.29) is 22.7 Å². The Balaban J connectivity index is 2.26. The Kier molecular flexibility index (Phi) is 4.53. The van der Waals surface area contributed by atoms with Gasteiger partial charge in [0.05, 0.1) is 12.3 Å². The highest BCUT2D eigenvalue weighted by Crippen LogP contribution is 2.26. The molecule has 1 aliphatic heterocycles. The molecule has 0 radical (unpaired) electrons. The Hall–Kier alpha value is -0.890. The molecule has 112 valence electrons. The van der Waals surface area contributed by atoms with E-state index in [9.17, 15) is 12.8 Å². The van der Waals surface area contributed by atoms with Gasteiger partial charge in [0.25, 0.3) is 0 Å². The Morgan fingerprint density at radius 1 is 1.55 bits per heavy atom. The minimum absolute atomic E-state index is 0.0705. The van der Waals surface area contributed by atoms with Crippen molar-refractivity contribution in [2.75, 3.05) is 18.9 Å². The summed E-state index contributed by atoms with van der Waals surface area (Å²) in [6.45, 7) is 2.82. The van der Waals surface area contributed by atoms with Crippen LogP contribution in [0.4, 0.5) is 10.1 Å². The molecule has 0 amide bonds. The number of halogens is 2. The van der Waals surface area contributed by atoms with Gasteiger partial charge in [0.2, 0.25) is 10.0 Å². The maximum Gasteiger partial charge on any atom is 0.243 e. The number of anilines is 1. The Labute approximate surface area is 122 Å². The van der Waals surface area contributed by atoms with Gasteiger partial charge in [-0.1, -0.05) is 11.6 Å². The van der Waals surface area contributed by atoms with Crippen LogP contribution >= 0.6 is 11.6 Å². The summed E-state index contributed by atoms with van der Waals surface area (Å²) in [5.74, 6) is -0.916. The molecule has 0 aromatic heterocycles. The summed E-state index contributed by atoms with van der Waals surface area (Å²) in [6.07, 6.45) is 0.768. The highest BCUT2D eigenvalue weighted by atomic mass is 35.5. The van der Waals surface area contributed by atoms with Gasteiger partial charge >= 0.3 is 0 Å². The van der Waals surface area contributed by atoms with Crippen LogP contribution in [-0.4, -0.2) is 27.7 Å². The van der Waals surface area contributed by atoms with Crippen molar-refractivity contribution in [2.45, 2.75) is 24.3 Å². The molecule has 2 unspecified atom stereocenters. The summed E-state index contributed by atoms with van der Waals surface area (Å²) >= 11 is 5.73. The maximum atomic E-state index is 13.9. The van der Waals surface area contributed by atoms with Crippen molar-refractivity contribution in [3.63, 3.8) is 0 Å². The zero-order valence-corrected chi connectivity index (χ0v) is 12.5. The summed E-state index contributed by atoms with van der Waals surface area (Å²) in [4.78, 5) is -0.534. The number of nitrogen functional groups attached to an aromatic ring is 1. The lowest BCUT2D eigenvalue weighted by molar-refractivity contribution is 0.180. The fourth-order valence-corrected chi connectivity index (χ4v) is 3.87. The first-order chi connectivity index (χ1) is 9.31. The molecule has 8 heteroatoms. The molecule has 1 fully saturated rings. The van der Waals surface area contributed by atoms with Crippen LogP contribution in [0.5, 0.6) is 0 Å². The number of sulfonamides is 1. The van der Waals surface area contributed by atoms with Crippen LogP contribution in [0.15, 0.2) is 17.0 Å². The first-order valence-corrected chi connectivity index (χ1v) is 8.02. The zero-order valence-electron chi connectivity index (χ0n) is 10.9. The van der Waals surface area contributed by atoms with Crippen LogP contribution in [0.1, 0.15) is 13.3 Å². The van der Waals surface area contributed by atoms with E-state index in [0.29, 0.717) is 13.2 Å². The van der Waals surface area contributed by atoms with Crippen LogP contribution in [0, 0.1) is 11.7 Å². The summed E-state index contributed by atoms with van der Waals surface area (Å²) in [5, 5.41) is 0.0705. The number of ether oxygens (including phenoxy) is 1. The second-order valence-electron chi connectivity index (χ2n) is 4.84. The molecule has 2 atom stereocenters. The minimum atomic E-state index is -4.02. The summed E-state index contributed by atoms with van der Waals surface area (Å²) in [6, 6.07) is 1.86. The molecule has 5 nitrogen and oxygen atoms in total. The van der Waals surface area contributed by atoms with Gasteiger partial charge in [0.1, 0.15) is 4.90 Å². The summed E-state index contributed by atoms with van der Waals surface area (Å²) < 4.78 is 46.0. The van der Waals surface area contributed by atoms with Gasteiger partial charge in [-0.15, -0.1) is 0 Å². The third kappa shape index (κ3) is 3.22. The van der Waals surface area contributed by atoms with E-state index in [4.69, 9.17) is 22.1 Å². The van der Waals surface area contributed by atoms with Crippen molar-refractivity contribution in [1.82, 2.24) is 4.72 Å². The molecule has 1 heterocycles. The first-order valence-electron chi connectivity index (χ1n) is 6.16. The van der Waals surface area contributed by atoms with Gasteiger partial charge in [0, 0.05) is 23.6 Å². The fourth-order valence-electron chi connectivity index (χ4n) is 2.13. The Morgan fingerprint density at radius 3 is 2.85 bits per heavy atom. The van der Waals surface area contributed by atoms with E-state index < -0.39 is 20.7 Å². The Morgan fingerprint density at radius 2 is 2.25 bits per heavy atom. The van der Waals surface area contributed by atoms with Gasteiger partial charge < -0.3 is 10.5 Å². The monoisotopic (exact) mass is 322 g/mol. The molecular formula is C12H16ClFN2O3S. The average molecular weight is 323 g/mol. The van der Waals surface area contributed by atoms with E-state index in [1.165, 1.54) is 6.07 Å². The van der Waals surface area contributed by atoms with Crippen molar-refractivity contribution < 1.29 is 17.5 Å². The van der Waals surface area contributed by atoms with Crippen LogP contribution < -0.4 is 10.5 Å². The Bertz CT molecular complexity index is 603. The zero-order chi connectivity index (χ0) is 14.9. The molecule has 1 aromatic carbocycles. The number of benzene rings is 1. The van der Waals surface area contributed by atoms with E-state index in [1.807, 2.05) is 0 Å². The molecule has 20 heavy (non-hydrogen) atoms. The van der Waals surface area contributed by atoms with Gasteiger partial charge in [-0.25, -0.2) is 17.5 Å². The van der Waals surface area contributed by atoms with Crippen molar-refractivity contribution in [2.24, 2.45) is 5.92 Å². The topological polar surface area (TPSA) is 81.4 Å². The predicted octanol–water partition coefficient (Wildman–Crippen LogP) is 1.76. The number of hydrogen-bond acceptors (Lipinski definition) is 4. The van der Waals surface area contributed by atoms with Gasteiger partial charge in [0.15, 0.2) is 5.82 Å². The molecule has 1 aliphatic rings. The van der Waals surface area contributed by atoms with Crippen molar-refractivity contribution in [3.8, 4) is 0 Å². The highest BCUT2D eigenvalue weighted by Gasteiger charge is 2.29. The van der Waals surface area contributed by atoms with E-state index in [1.54, 1.807) is 6.92 Å². The predicted molar refractivity (Wildman–Crippen MR) is 74.5 cm³/mol. The third-order valence-electron chi connectivity index (χ3n) is 3.33. The quantitative estimate of drug-likeness (QED) is 0.828. The van der Waals surface area contributed by atoms with Gasteiger partial charge in [-0.2, -0.15) is 0 Å². The molecule has 1 saturated heterocycles. The molecular weight excluding hydrogens is 307 g/mol. The minimum Gasteiger partial charge on any atom is -0.396 e. The molecule has 0 bridgehead atoms. The number of nitrogens with two attached hydrogens (primary N) is 1. The van der Waals surface area contributed by atoms with E-state index >= 15 is 0 Å². The molecule has 0 saturated carbocycles. The molecule has 1 aromatic rings. The highest BCUT2D eigenvalue weighted by molar-refractivity contribution is 7.89. The normalized spacial score (nSPS) is 21.1. The number of hydrogen-bond donors (Lipinski definition) is 2. The molecule has 0 spiro atoms. The lowest BCUT2D eigenvalue weighted by atomic mass is 10.0. The standard InChI is InChI=1S/C12H16ClFN2O3S/c1-7(8-2-3-19-6-8)16-20(17,18)11-5-9(13)4-10(15)12(11)14/h4-5,7-8,16H,2-3,6,15H2,1H3. The summed E-state index contributed by atoms with van der Waals surface area (Å²) in [5.41, 5.74) is 5.10. The van der Waals surface area contributed by atoms with Crippen LogP contribution in [0.25, 0.3) is 0 Å². The molecule has 3 N–H and O–H groups in total. The van der Waals surface area contributed by atoms with Crippen LogP contribution in [-0.2, 0) is 14.8 Å².